The second-order valence-corrected chi connectivity index (χ2v) is 8.74. The average Bonchev–Trinajstić information content (AvgIpc) is 2.72. The lowest BCUT2D eigenvalue weighted by molar-refractivity contribution is -0.179. The van der Waals surface area contributed by atoms with E-state index < -0.39 is 5.54 Å². The fourth-order valence-electron chi connectivity index (χ4n) is 3.74. The molecule has 3 atom stereocenters. The van der Waals surface area contributed by atoms with Gasteiger partial charge in [-0.15, -0.1) is 0 Å². The Morgan fingerprint density at radius 1 is 1.36 bits per heavy atom. The fraction of sp³-hybridized carbons (Fsp3) is 0.941. The van der Waals surface area contributed by atoms with E-state index >= 15 is 0 Å². The molecule has 1 saturated carbocycles. The van der Waals surface area contributed by atoms with Crippen LogP contribution >= 0.6 is 11.8 Å². The van der Waals surface area contributed by atoms with Crippen LogP contribution in [0.2, 0.25) is 0 Å². The van der Waals surface area contributed by atoms with Crippen LogP contribution in [0.4, 0.5) is 0 Å². The van der Waals surface area contributed by atoms with Crippen LogP contribution in [-0.4, -0.2) is 53.1 Å². The van der Waals surface area contributed by atoms with Gasteiger partial charge in [0.1, 0.15) is 5.54 Å². The number of rotatable bonds is 5. The van der Waals surface area contributed by atoms with Crippen molar-refractivity contribution in [2.75, 3.05) is 25.4 Å². The third-order valence-electron chi connectivity index (χ3n) is 5.53. The predicted molar refractivity (Wildman–Crippen MR) is 93.1 cm³/mol. The summed E-state index contributed by atoms with van der Waals surface area (Å²) in [6.07, 6.45) is 4.26. The van der Waals surface area contributed by atoms with Crippen molar-refractivity contribution in [1.82, 2.24) is 4.90 Å². The summed E-state index contributed by atoms with van der Waals surface area (Å²) in [6.45, 7) is 10.7. The van der Waals surface area contributed by atoms with Gasteiger partial charge in [-0.25, -0.2) is 0 Å². The third kappa shape index (κ3) is 3.17. The van der Waals surface area contributed by atoms with Crippen molar-refractivity contribution in [3.05, 3.63) is 0 Å². The van der Waals surface area contributed by atoms with Crippen molar-refractivity contribution < 1.29 is 9.53 Å². The van der Waals surface area contributed by atoms with Crippen LogP contribution in [0, 0.1) is 5.41 Å². The lowest BCUT2D eigenvalue weighted by Crippen LogP contribution is -2.76. The number of ether oxygens (including phenoxy) is 1. The van der Waals surface area contributed by atoms with Gasteiger partial charge in [0, 0.05) is 36.8 Å². The van der Waals surface area contributed by atoms with E-state index in [0.717, 1.165) is 25.3 Å². The average molecular weight is 329 g/mol. The number of likely N-dealkylation sites (tertiary alicyclic amines) is 1. The molecule has 0 spiro atoms. The highest BCUT2D eigenvalue weighted by atomic mass is 32.2. The number of carbonyl (C=O) groups is 1. The van der Waals surface area contributed by atoms with Crippen molar-refractivity contribution in [2.45, 2.75) is 70.3 Å². The zero-order chi connectivity index (χ0) is 16.4. The zero-order valence-corrected chi connectivity index (χ0v) is 15.4. The quantitative estimate of drug-likeness (QED) is 0.843. The van der Waals surface area contributed by atoms with Gasteiger partial charge >= 0.3 is 0 Å². The van der Waals surface area contributed by atoms with E-state index in [1.807, 2.05) is 23.6 Å². The van der Waals surface area contributed by atoms with Gasteiger partial charge in [-0.2, -0.15) is 11.8 Å². The Labute approximate surface area is 139 Å². The number of hydrogen-bond donors (Lipinski definition) is 1. The van der Waals surface area contributed by atoms with Crippen LogP contribution < -0.4 is 5.73 Å². The summed E-state index contributed by atoms with van der Waals surface area (Å²) in [7, 11) is 0. The number of nitrogens with zero attached hydrogens (tertiary/aromatic N) is 1. The van der Waals surface area contributed by atoms with Crippen LogP contribution in [-0.2, 0) is 9.53 Å². The highest BCUT2D eigenvalue weighted by molar-refractivity contribution is 7.99. The molecule has 2 aliphatic rings. The first-order valence-corrected chi connectivity index (χ1v) is 9.73. The maximum atomic E-state index is 13.1. The highest BCUT2D eigenvalue weighted by Gasteiger charge is 2.63. The number of thioether (sulfide) groups is 1. The van der Waals surface area contributed by atoms with Crippen LogP contribution in [0.5, 0.6) is 0 Å². The Balaban J connectivity index is 2.06. The molecular weight excluding hydrogens is 296 g/mol. The maximum absolute atomic E-state index is 13.1. The molecule has 1 amide bonds. The zero-order valence-electron chi connectivity index (χ0n) is 14.6. The molecule has 0 aromatic rings. The molecule has 5 heteroatoms. The Bertz CT molecular complexity index is 402. The number of amides is 1. The SMILES string of the molecule is CCOC1CC(N)(C(=O)N2CCCCC(SCC)C2)C1(C)C. The molecule has 128 valence electrons. The normalized spacial score (nSPS) is 34.9. The molecule has 22 heavy (non-hydrogen) atoms. The monoisotopic (exact) mass is 328 g/mol. The van der Waals surface area contributed by atoms with E-state index in [2.05, 4.69) is 20.8 Å². The molecule has 3 unspecified atom stereocenters. The summed E-state index contributed by atoms with van der Waals surface area (Å²) in [6, 6.07) is 0. The van der Waals surface area contributed by atoms with E-state index in [0.29, 0.717) is 18.3 Å². The van der Waals surface area contributed by atoms with Crippen molar-refractivity contribution in [3.63, 3.8) is 0 Å². The summed E-state index contributed by atoms with van der Waals surface area (Å²) in [4.78, 5) is 15.1. The smallest absolute Gasteiger partial charge is 0.243 e. The molecule has 1 aliphatic carbocycles. The van der Waals surface area contributed by atoms with E-state index in [-0.39, 0.29) is 17.4 Å². The van der Waals surface area contributed by atoms with Gasteiger partial charge in [0.25, 0.3) is 0 Å². The van der Waals surface area contributed by atoms with Gasteiger partial charge in [0.15, 0.2) is 0 Å². The maximum Gasteiger partial charge on any atom is 0.243 e. The van der Waals surface area contributed by atoms with Crippen molar-refractivity contribution in [2.24, 2.45) is 11.1 Å². The largest absolute Gasteiger partial charge is 0.378 e. The van der Waals surface area contributed by atoms with E-state index in [4.69, 9.17) is 10.5 Å². The van der Waals surface area contributed by atoms with Crippen molar-refractivity contribution in [3.8, 4) is 0 Å². The molecule has 0 aromatic heterocycles. The first-order chi connectivity index (χ1) is 10.4. The molecule has 2 fully saturated rings. The second kappa shape index (κ2) is 7.10. The molecular formula is C17H32N2O2S. The summed E-state index contributed by atoms with van der Waals surface area (Å²) in [5, 5.41) is 0.561. The number of hydrogen-bond acceptors (Lipinski definition) is 4. The summed E-state index contributed by atoms with van der Waals surface area (Å²) >= 11 is 1.97. The lowest BCUT2D eigenvalue weighted by Gasteiger charge is -2.58. The Morgan fingerprint density at radius 2 is 2.09 bits per heavy atom. The second-order valence-electron chi connectivity index (χ2n) is 7.17. The molecule has 0 aromatic carbocycles. The minimum absolute atomic E-state index is 0.0965. The molecule has 4 nitrogen and oxygen atoms in total. The third-order valence-corrected chi connectivity index (χ3v) is 6.72. The minimum Gasteiger partial charge on any atom is -0.378 e. The van der Waals surface area contributed by atoms with Crippen LogP contribution in [0.25, 0.3) is 0 Å². The van der Waals surface area contributed by atoms with Gasteiger partial charge in [-0.1, -0.05) is 27.2 Å². The fourth-order valence-corrected chi connectivity index (χ4v) is 4.83. The Kier molecular flexibility index (Phi) is 5.84. The lowest BCUT2D eigenvalue weighted by atomic mass is 9.54. The Hall–Kier alpha value is -0.260. The molecule has 0 radical (unpaired) electrons. The highest BCUT2D eigenvalue weighted by Crippen LogP contribution is 2.50. The standard InChI is InChI=1S/C17H32N2O2S/c1-5-21-14-11-17(18,16(14,3)4)15(20)19-10-8-7-9-13(12-19)22-6-2/h13-14H,5-12,18H2,1-4H3. The molecule has 1 heterocycles. The van der Waals surface area contributed by atoms with E-state index in [1.54, 1.807) is 0 Å². The summed E-state index contributed by atoms with van der Waals surface area (Å²) in [5.74, 6) is 1.25. The van der Waals surface area contributed by atoms with E-state index in [9.17, 15) is 4.79 Å². The van der Waals surface area contributed by atoms with Gasteiger partial charge < -0.3 is 15.4 Å². The van der Waals surface area contributed by atoms with Crippen LogP contribution in [0.1, 0.15) is 53.4 Å². The molecule has 1 saturated heterocycles. The summed E-state index contributed by atoms with van der Waals surface area (Å²) < 4.78 is 5.76. The van der Waals surface area contributed by atoms with Gasteiger partial charge in [-0.05, 0) is 25.5 Å². The van der Waals surface area contributed by atoms with Crippen LogP contribution in [0.15, 0.2) is 0 Å². The van der Waals surface area contributed by atoms with Gasteiger partial charge in [-0.3, -0.25) is 4.79 Å². The van der Waals surface area contributed by atoms with Gasteiger partial charge in [0.2, 0.25) is 5.91 Å². The summed E-state index contributed by atoms with van der Waals surface area (Å²) in [5.41, 5.74) is 5.51. The molecule has 2 rings (SSSR count). The minimum atomic E-state index is -0.765. The first-order valence-electron chi connectivity index (χ1n) is 8.68. The van der Waals surface area contributed by atoms with Crippen molar-refractivity contribution >= 4 is 17.7 Å². The molecule has 1 aliphatic heterocycles. The van der Waals surface area contributed by atoms with Crippen molar-refractivity contribution in [1.29, 1.82) is 0 Å². The first kappa shape index (κ1) is 18.1. The molecule has 2 N–H and O–H groups in total. The Morgan fingerprint density at radius 3 is 2.68 bits per heavy atom. The van der Waals surface area contributed by atoms with Gasteiger partial charge in [0.05, 0.1) is 6.10 Å². The molecule has 0 bridgehead atoms. The predicted octanol–water partition coefficient (Wildman–Crippen LogP) is 2.65. The number of carbonyl (C=O) groups excluding carboxylic acids is 1. The van der Waals surface area contributed by atoms with Crippen LogP contribution in [0.3, 0.4) is 0 Å². The topological polar surface area (TPSA) is 55.6 Å². The van der Waals surface area contributed by atoms with E-state index in [1.165, 1.54) is 12.8 Å². The number of nitrogens with two attached hydrogens (primary N) is 1.